The fourth-order valence-electron chi connectivity index (χ4n) is 3.18. The van der Waals surface area contributed by atoms with Crippen molar-refractivity contribution in [3.63, 3.8) is 0 Å². The van der Waals surface area contributed by atoms with Crippen molar-refractivity contribution in [3.8, 4) is 11.4 Å². The van der Waals surface area contributed by atoms with Gasteiger partial charge in [-0.1, -0.05) is 38.5 Å². The molecule has 0 spiro atoms. The van der Waals surface area contributed by atoms with Crippen LogP contribution in [0.5, 0.6) is 0 Å². The Hall–Kier alpha value is -1.89. The first-order chi connectivity index (χ1) is 12.6. The normalized spacial score (nSPS) is 15.3. The van der Waals surface area contributed by atoms with Gasteiger partial charge in [-0.25, -0.2) is 0 Å². The van der Waals surface area contributed by atoms with Crippen LogP contribution in [0.4, 0.5) is 0 Å². The van der Waals surface area contributed by atoms with Crippen molar-refractivity contribution < 1.29 is 4.79 Å². The molecule has 1 fully saturated rings. The van der Waals surface area contributed by atoms with Crippen LogP contribution in [-0.2, 0) is 11.3 Å². The van der Waals surface area contributed by atoms with Crippen molar-refractivity contribution in [2.75, 3.05) is 18.8 Å². The minimum atomic E-state index is 0.210. The van der Waals surface area contributed by atoms with E-state index in [1.165, 1.54) is 24.6 Å². The van der Waals surface area contributed by atoms with Gasteiger partial charge in [0.1, 0.15) is 0 Å². The Kier molecular flexibility index (Phi) is 6.66. The van der Waals surface area contributed by atoms with Gasteiger partial charge in [-0.15, -0.1) is 10.2 Å². The van der Waals surface area contributed by atoms with Gasteiger partial charge in [0.05, 0.1) is 5.75 Å². The molecule has 6 nitrogen and oxygen atoms in total. The first kappa shape index (κ1) is 18.9. The highest BCUT2D eigenvalue weighted by atomic mass is 32.2. The average Bonchev–Trinajstić information content (AvgIpc) is 2.84. The van der Waals surface area contributed by atoms with Crippen LogP contribution < -0.4 is 0 Å². The minimum Gasteiger partial charge on any atom is -0.342 e. The molecule has 0 aliphatic carbocycles. The first-order valence-electron chi connectivity index (χ1n) is 9.39. The van der Waals surface area contributed by atoms with Gasteiger partial charge < -0.3 is 9.47 Å². The Labute approximate surface area is 159 Å². The van der Waals surface area contributed by atoms with Crippen LogP contribution in [0.3, 0.4) is 0 Å². The molecule has 0 aromatic carbocycles. The van der Waals surface area contributed by atoms with E-state index in [0.29, 0.717) is 11.7 Å². The van der Waals surface area contributed by atoms with Gasteiger partial charge in [-0.3, -0.25) is 9.78 Å². The van der Waals surface area contributed by atoms with E-state index in [9.17, 15) is 4.79 Å². The number of thioether (sulfide) groups is 1. The summed E-state index contributed by atoms with van der Waals surface area (Å²) in [7, 11) is 0. The van der Waals surface area contributed by atoms with Crippen molar-refractivity contribution in [1.29, 1.82) is 0 Å². The van der Waals surface area contributed by atoms with E-state index in [-0.39, 0.29) is 5.91 Å². The number of hydrogen-bond donors (Lipinski definition) is 0. The zero-order valence-corrected chi connectivity index (χ0v) is 16.4. The molecule has 2 aromatic heterocycles. The summed E-state index contributed by atoms with van der Waals surface area (Å²) in [5, 5.41) is 9.56. The van der Waals surface area contributed by atoms with Crippen LogP contribution in [0.2, 0.25) is 0 Å². The Morgan fingerprint density at radius 2 is 1.81 bits per heavy atom. The van der Waals surface area contributed by atoms with Gasteiger partial charge in [0, 0.05) is 37.6 Å². The van der Waals surface area contributed by atoms with E-state index in [4.69, 9.17) is 0 Å². The lowest BCUT2D eigenvalue weighted by molar-refractivity contribution is -0.128. The lowest BCUT2D eigenvalue weighted by atomic mass is 10.2. The fraction of sp³-hybridized carbons (Fsp3) is 0.579. The molecular formula is C19H27N5OS. The number of pyridine rings is 1. The molecule has 0 atom stereocenters. The van der Waals surface area contributed by atoms with Crippen molar-refractivity contribution in [1.82, 2.24) is 24.6 Å². The Bertz CT molecular complexity index is 708. The van der Waals surface area contributed by atoms with E-state index in [1.54, 1.807) is 12.4 Å². The van der Waals surface area contributed by atoms with Crippen molar-refractivity contribution in [2.24, 2.45) is 5.92 Å². The van der Waals surface area contributed by atoms with Crippen LogP contribution >= 0.6 is 11.8 Å². The molecule has 26 heavy (non-hydrogen) atoms. The summed E-state index contributed by atoms with van der Waals surface area (Å²) < 4.78 is 2.13. The number of likely N-dealkylation sites (tertiary alicyclic amines) is 1. The summed E-state index contributed by atoms with van der Waals surface area (Å²) in [5.41, 5.74) is 0.999. The van der Waals surface area contributed by atoms with Crippen LogP contribution in [0.15, 0.2) is 29.7 Å². The number of hydrogen-bond acceptors (Lipinski definition) is 5. The molecule has 0 radical (unpaired) electrons. The van der Waals surface area contributed by atoms with Crippen LogP contribution in [0.25, 0.3) is 11.4 Å². The van der Waals surface area contributed by atoms with Gasteiger partial charge in [-0.05, 0) is 30.9 Å². The van der Waals surface area contributed by atoms with Crippen LogP contribution in [0.1, 0.15) is 39.5 Å². The second kappa shape index (κ2) is 9.16. The fourth-order valence-corrected chi connectivity index (χ4v) is 4.03. The molecule has 0 unspecified atom stereocenters. The molecule has 3 rings (SSSR count). The highest BCUT2D eigenvalue weighted by Gasteiger charge is 2.19. The van der Waals surface area contributed by atoms with E-state index in [2.05, 4.69) is 33.6 Å². The monoisotopic (exact) mass is 373 g/mol. The average molecular weight is 374 g/mol. The lowest BCUT2D eigenvalue weighted by Crippen LogP contribution is -2.33. The summed E-state index contributed by atoms with van der Waals surface area (Å²) in [6.07, 6.45) is 8.22. The third kappa shape index (κ3) is 4.84. The van der Waals surface area contributed by atoms with Gasteiger partial charge in [0.2, 0.25) is 5.91 Å². The quantitative estimate of drug-likeness (QED) is 0.725. The maximum Gasteiger partial charge on any atom is 0.233 e. The number of amides is 1. The minimum absolute atomic E-state index is 0.210. The molecular weight excluding hydrogens is 346 g/mol. The number of carbonyl (C=O) groups excluding carboxylic acids is 1. The SMILES string of the molecule is CC(C)Cn1c(SCC(=O)N2CCCCCC2)nnc1-c1ccncc1. The van der Waals surface area contributed by atoms with Gasteiger partial charge in [-0.2, -0.15) is 0 Å². The predicted molar refractivity (Wildman–Crippen MR) is 104 cm³/mol. The molecule has 3 heterocycles. The van der Waals surface area contributed by atoms with E-state index in [1.807, 2.05) is 17.0 Å². The topological polar surface area (TPSA) is 63.9 Å². The van der Waals surface area contributed by atoms with E-state index in [0.717, 1.165) is 49.0 Å². The van der Waals surface area contributed by atoms with E-state index < -0.39 is 0 Å². The van der Waals surface area contributed by atoms with E-state index >= 15 is 0 Å². The third-order valence-corrected chi connectivity index (χ3v) is 5.44. The van der Waals surface area contributed by atoms with Gasteiger partial charge in [0.15, 0.2) is 11.0 Å². The zero-order chi connectivity index (χ0) is 18.4. The smallest absolute Gasteiger partial charge is 0.233 e. The molecule has 0 bridgehead atoms. The summed E-state index contributed by atoms with van der Waals surface area (Å²) in [4.78, 5) is 18.7. The summed E-state index contributed by atoms with van der Waals surface area (Å²) in [6.45, 7) is 6.95. The van der Waals surface area contributed by atoms with Crippen LogP contribution in [-0.4, -0.2) is 49.4 Å². The Morgan fingerprint density at radius 3 is 2.46 bits per heavy atom. The number of nitrogens with zero attached hydrogens (tertiary/aromatic N) is 5. The number of rotatable bonds is 6. The highest BCUT2D eigenvalue weighted by Crippen LogP contribution is 2.25. The number of carbonyl (C=O) groups is 1. The molecule has 140 valence electrons. The zero-order valence-electron chi connectivity index (χ0n) is 15.6. The largest absolute Gasteiger partial charge is 0.342 e. The van der Waals surface area contributed by atoms with Gasteiger partial charge >= 0.3 is 0 Å². The Balaban J connectivity index is 1.72. The molecule has 1 amide bonds. The molecule has 7 heteroatoms. The molecule has 1 aliphatic heterocycles. The summed E-state index contributed by atoms with van der Waals surface area (Å²) in [5.74, 6) is 1.94. The maximum atomic E-state index is 12.6. The molecule has 1 saturated heterocycles. The number of aromatic nitrogens is 4. The second-order valence-corrected chi connectivity index (χ2v) is 8.07. The van der Waals surface area contributed by atoms with Crippen molar-refractivity contribution in [3.05, 3.63) is 24.5 Å². The first-order valence-corrected chi connectivity index (χ1v) is 10.4. The Morgan fingerprint density at radius 1 is 1.12 bits per heavy atom. The third-order valence-electron chi connectivity index (χ3n) is 4.49. The lowest BCUT2D eigenvalue weighted by Gasteiger charge is -2.20. The standard InChI is InChI=1S/C19H27N5OS/c1-15(2)13-24-18(16-7-9-20-10-8-16)21-22-19(24)26-14-17(25)23-11-5-3-4-6-12-23/h7-10,15H,3-6,11-14H2,1-2H3. The second-order valence-electron chi connectivity index (χ2n) is 7.13. The molecule has 2 aromatic rings. The van der Waals surface area contributed by atoms with Gasteiger partial charge in [0.25, 0.3) is 0 Å². The van der Waals surface area contributed by atoms with Crippen molar-refractivity contribution >= 4 is 17.7 Å². The molecule has 0 saturated carbocycles. The van der Waals surface area contributed by atoms with Crippen LogP contribution in [0, 0.1) is 5.92 Å². The maximum absolute atomic E-state index is 12.6. The van der Waals surface area contributed by atoms with Crippen molar-refractivity contribution in [2.45, 2.75) is 51.2 Å². The molecule has 1 aliphatic rings. The summed E-state index contributed by atoms with van der Waals surface area (Å²) >= 11 is 1.50. The molecule has 0 N–H and O–H groups in total. The highest BCUT2D eigenvalue weighted by molar-refractivity contribution is 7.99. The summed E-state index contributed by atoms with van der Waals surface area (Å²) in [6, 6.07) is 3.88. The predicted octanol–water partition coefficient (Wildman–Crippen LogP) is 3.49.